The van der Waals surface area contributed by atoms with Gasteiger partial charge in [-0.15, -0.1) is 0 Å². The molecule has 7 heteroatoms. The lowest BCUT2D eigenvalue weighted by molar-refractivity contribution is -0.134. The van der Waals surface area contributed by atoms with E-state index in [1.807, 2.05) is 48.5 Å². The third kappa shape index (κ3) is 4.39. The summed E-state index contributed by atoms with van der Waals surface area (Å²) in [5.74, 6) is -1.62. The highest BCUT2D eigenvalue weighted by atomic mass is 19.1. The van der Waals surface area contributed by atoms with Gasteiger partial charge in [0.1, 0.15) is 17.7 Å². The Balaban J connectivity index is 1.39. The lowest BCUT2D eigenvalue weighted by Gasteiger charge is -2.31. The number of amides is 2. The summed E-state index contributed by atoms with van der Waals surface area (Å²) in [7, 11) is 1.73. The van der Waals surface area contributed by atoms with Crippen molar-refractivity contribution in [3.63, 3.8) is 0 Å². The van der Waals surface area contributed by atoms with E-state index < -0.39 is 23.1 Å². The number of hydrogen-bond donors (Lipinski definition) is 2. The van der Waals surface area contributed by atoms with Crippen LogP contribution in [0.1, 0.15) is 42.9 Å². The largest absolute Gasteiger partial charge is 0.340 e. The second-order valence-corrected chi connectivity index (χ2v) is 9.73. The van der Waals surface area contributed by atoms with Gasteiger partial charge in [-0.05, 0) is 36.1 Å². The summed E-state index contributed by atoms with van der Waals surface area (Å²) in [6.07, 6.45) is 3.16. The Morgan fingerprint density at radius 3 is 2.44 bits per heavy atom. The van der Waals surface area contributed by atoms with Crippen molar-refractivity contribution in [3.8, 4) is 11.1 Å². The van der Waals surface area contributed by atoms with E-state index in [1.165, 1.54) is 12.1 Å². The molecule has 1 aliphatic heterocycles. The standard InChI is InChI=1S/C29H29F2N3O2/c1-34-25-11-5-4-9-22(25)21-8-2-3-10-23(21)26(27(34)35)33-28(36)29(14-6-7-15-29)18-32-17-19-12-13-20(30)16-24(19)31/h2-5,8-13,16,26,32H,6-7,14-15,17-18H2,1H3,(H,33,36). The fraction of sp³-hybridized carbons (Fsp3) is 0.310. The monoisotopic (exact) mass is 489 g/mol. The van der Waals surface area contributed by atoms with Crippen LogP contribution in [0.5, 0.6) is 0 Å². The Labute approximate surface area is 209 Å². The molecule has 3 aromatic rings. The number of carbonyl (C=O) groups is 2. The maximum atomic E-state index is 14.1. The fourth-order valence-electron chi connectivity index (χ4n) is 5.49. The van der Waals surface area contributed by atoms with Crippen molar-refractivity contribution >= 4 is 17.5 Å². The highest BCUT2D eigenvalue weighted by Crippen LogP contribution is 2.42. The molecule has 186 valence electrons. The Morgan fingerprint density at radius 2 is 1.69 bits per heavy atom. The molecule has 5 nitrogen and oxygen atoms in total. The summed E-state index contributed by atoms with van der Waals surface area (Å²) in [5, 5.41) is 6.30. The van der Waals surface area contributed by atoms with Gasteiger partial charge in [0.2, 0.25) is 5.91 Å². The van der Waals surface area contributed by atoms with Crippen LogP contribution in [0, 0.1) is 17.0 Å². The maximum absolute atomic E-state index is 14.1. The van der Waals surface area contributed by atoms with E-state index in [0.29, 0.717) is 24.9 Å². The van der Waals surface area contributed by atoms with Crippen molar-refractivity contribution in [2.75, 3.05) is 18.5 Å². The number of carbonyl (C=O) groups excluding carboxylic acids is 2. The average molecular weight is 490 g/mol. The molecule has 2 N–H and O–H groups in total. The molecular weight excluding hydrogens is 460 g/mol. The van der Waals surface area contributed by atoms with Gasteiger partial charge in [0.15, 0.2) is 0 Å². The van der Waals surface area contributed by atoms with Crippen LogP contribution >= 0.6 is 0 Å². The molecular formula is C29H29F2N3O2. The minimum absolute atomic E-state index is 0.181. The van der Waals surface area contributed by atoms with Gasteiger partial charge in [-0.1, -0.05) is 61.4 Å². The quantitative estimate of drug-likeness (QED) is 0.506. The molecule has 1 fully saturated rings. The van der Waals surface area contributed by atoms with E-state index >= 15 is 0 Å². The number of para-hydroxylation sites is 1. The van der Waals surface area contributed by atoms with E-state index in [1.54, 1.807) is 11.9 Å². The van der Waals surface area contributed by atoms with Crippen LogP contribution < -0.4 is 15.5 Å². The second kappa shape index (κ2) is 9.82. The molecule has 1 heterocycles. The lowest BCUT2D eigenvalue weighted by atomic mass is 9.84. The molecule has 0 aromatic heterocycles. The van der Waals surface area contributed by atoms with Gasteiger partial charge in [0.25, 0.3) is 5.91 Å². The minimum Gasteiger partial charge on any atom is -0.340 e. The molecule has 3 aromatic carbocycles. The van der Waals surface area contributed by atoms with Crippen LogP contribution in [0.3, 0.4) is 0 Å². The molecule has 1 atom stereocenters. The van der Waals surface area contributed by atoms with E-state index in [2.05, 4.69) is 10.6 Å². The van der Waals surface area contributed by atoms with Crippen molar-refractivity contribution in [3.05, 3.63) is 89.5 Å². The first kappa shape index (κ1) is 24.1. The molecule has 0 spiro atoms. The average Bonchev–Trinajstić information content (AvgIpc) is 3.35. The summed E-state index contributed by atoms with van der Waals surface area (Å²) in [6.45, 7) is 0.526. The summed E-state index contributed by atoms with van der Waals surface area (Å²) in [4.78, 5) is 29.0. The van der Waals surface area contributed by atoms with Crippen LogP contribution in [0.4, 0.5) is 14.5 Å². The van der Waals surface area contributed by atoms with Gasteiger partial charge < -0.3 is 15.5 Å². The first-order valence-corrected chi connectivity index (χ1v) is 12.3. The number of benzene rings is 3. The number of rotatable bonds is 6. The molecule has 1 unspecified atom stereocenters. The smallest absolute Gasteiger partial charge is 0.253 e. The van der Waals surface area contributed by atoms with E-state index in [-0.39, 0.29) is 18.4 Å². The predicted octanol–water partition coefficient (Wildman–Crippen LogP) is 5.12. The Bertz CT molecular complexity index is 1300. The molecule has 0 saturated heterocycles. The SMILES string of the molecule is CN1C(=O)C(NC(=O)C2(CNCc3ccc(F)cc3F)CCCC2)c2ccccc2-c2ccccc21. The third-order valence-electron chi connectivity index (χ3n) is 7.52. The highest BCUT2D eigenvalue weighted by molar-refractivity contribution is 6.06. The molecule has 0 radical (unpaired) electrons. The third-order valence-corrected chi connectivity index (χ3v) is 7.52. The maximum Gasteiger partial charge on any atom is 0.253 e. The molecule has 2 aliphatic rings. The Hall–Kier alpha value is -3.58. The summed E-state index contributed by atoms with van der Waals surface area (Å²) < 4.78 is 27.3. The molecule has 0 bridgehead atoms. The number of anilines is 1. The van der Waals surface area contributed by atoms with Crippen molar-refractivity contribution in [1.82, 2.24) is 10.6 Å². The summed E-state index contributed by atoms with van der Waals surface area (Å²) >= 11 is 0. The first-order valence-electron chi connectivity index (χ1n) is 12.3. The van der Waals surface area contributed by atoms with Crippen molar-refractivity contribution < 1.29 is 18.4 Å². The van der Waals surface area contributed by atoms with Gasteiger partial charge >= 0.3 is 0 Å². The van der Waals surface area contributed by atoms with Gasteiger partial charge in [0.05, 0.1) is 11.1 Å². The molecule has 5 rings (SSSR count). The van der Waals surface area contributed by atoms with Gasteiger partial charge in [-0.3, -0.25) is 9.59 Å². The number of nitrogens with one attached hydrogen (secondary N) is 2. The first-order chi connectivity index (χ1) is 17.4. The van der Waals surface area contributed by atoms with E-state index in [9.17, 15) is 18.4 Å². The Morgan fingerprint density at radius 1 is 1.00 bits per heavy atom. The van der Waals surface area contributed by atoms with E-state index in [0.717, 1.165) is 41.3 Å². The van der Waals surface area contributed by atoms with Crippen molar-refractivity contribution in [1.29, 1.82) is 0 Å². The fourth-order valence-corrected chi connectivity index (χ4v) is 5.49. The van der Waals surface area contributed by atoms with Crippen LogP contribution in [-0.4, -0.2) is 25.4 Å². The normalized spacial score (nSPS) is 18.4. The number of likely N-dealkylation sites (N-methyl/N-ethyl adjacent to an activating group) is 1. The number of nitrogens with zero attached hydrogens (tertiary/aromatic N) is 1. The zero-order chi connectivity index (χ0) is 25.3. The van der Waals surface area contributed by atoms with Gasteiger partial charge in [-0.25, -0.2) is 8.78 Å². The molecule has 2 amide bonds. The molecule has 36 heavy (non-hydrogen) atoms. The van der Waals surface area contributed by atoms with Gasteiger partial charge in [0, 0.05) is 37.3 Å². The van der Waals surface area contributed by atoms with Crippen molar-refractivity contribution in [2.45, 2.75) is 38.3 Å². The second-order valence-electron chi connectivity index (χ2n) is 9.73. The van der Waals surface area contributed by atoms with E-state index in [4.69, 9.17) is 0 Å². The highest BCUT2D eigenvalue weighted by Gasteiger charge is 2.43. The summed E-state index contributed by atoms with van der Waals surface area (Å²) in [6, 6.07) is 18.1. The Kier molecular flexibility index (Phi) is 6.58. The topological polar surface area (TPSA) is 61.4 Å². The number of halogens is 2. The van der Waals surface area contributed by atoms with Crippen LogP contribution in [0.25, 0.3) is 11.1 Å². The molecule has 1 saturated carbocycles. The predicted molar refractivity (Wildman–Crippen MR) is 135 cm³/mol. The molecule has 1 aliphatic carbocycles. The summed E-state index contributed by atoms with van der Waals surface area (Å²) in [5.41, 5.74) is 3.06. The number of fused-ring (bicyclic) bond motifs is 3. The lowest BCUT2D eigenvalue weighted by Crippen LogP contribution is -2.49. The van der Waals surface area contributed by atoms with Gasteiger partial charge in [-0.2, -0.15) is 0 Å². The van der Waals surface area contributed by atoms with Crippen molar-refractivity contribution in [2.24, 2.45) is 5.41 Å². The van der Waals surface area contributed by atoms with Crippen LogP contribution in [-0.2, 0) is 16.1 Å². The zero-order valence-corrected chi connectivity index (χ0v) is 20.2. The van der Waals surface area contributed by atoms with Crippen LogP contribution in [0.2, 0.25) is 0 Å². The number of hydrogen-bond acceptors (Lipinski definition) is 3. The minimum atomic E-state index is -0.821. The van der Waals surface area contributed by atoms with Crippen LogP contribution in [0.15, 0.2) is 66.7 Å². The zero-order valence-electron chi connectivity index (χ0n) is 20.2.